The molecule has 0 saturated heterocycles. The Kier molecular flexibility index (Phi) is 6.56. The molecular formula is C18H24ClN3O3. The number of halogens is 1. The number of nitrogens with zero attached hydrogens (tertiary/aromatic N) is 2. The first kappa shape index (κ1) is 19.4. The van der Waals surface area contributed by atoms with E-state index in [4.69, 9.17) is 15.0 Å². The molecule has 1 aromatic heterocycles. The molecule has 25 heavy (non-hydrogen) atoms. The highest BCUT2D eigenvalue weighted by molar-refractivity contribution is 5.90. The number of benzene rings is 1. The third-order valence-corrected chi connectivity index (χ3v) is 4.88. The monoisotopic (exact) mass is 365 g/mol. The highest BCUT2D eigenvalue weighted by Gasteiger charge is 2.33. The Hall–Kier alpha value is -1.92. The molecule has 6 nitrogen and oxygen atoms in total. The molecule has 1 aliphatic rings. The minimum Gasteiger partial charge on any atom is -0.465 e. The molecule has 1 aliphatic carbocycles. The molecule has 0 radical (unpaired) electrons. The van der Waals surface area contributed by atoms with Crippen LogP contribution in [0.15, 0.2) is 28.8 Å². The molecule has 1 heterocycles. The summed E-state index contributed by atoms with van der Waals surface area (Å²) in [7, 11) is 1.36. The second-order valence-electron chi connectivity index (χ2n) is 6.53. The first-order valence-electron chi connectivity index (χ1n) is 8.37. The third-order valence-electron chi connectivity index (χ3n) is 4.88. The van der Waals surface area contributed by atoms with Crippen LogP contribution in [-0.2, 0) is 11.2 Å². The largest absolute Gasteiger partial charge is 0.465 e. The molecule has 0 spiro atoms. The normalized spacial score (nSPS) is 16.1. The minimum absolute atomic E-state index is 0. The summed E-state index contributed by atoms with van der Waals surface area (Å²) in [6, 6.07) is 7.03. The molecular weight excluding hydrogens is 342 g/mol. The fourth-order valence-corrected chi connectivity index (χ4v) is 3.42. The molecule has 0 bridgehead atoms. The zero-order chi connectivity index (χ0) is 17.0. The number of esters is 1. The maximum atomic E-state index is 11.6. The van der Waals surface area contributed by atoms with Crippen LogP contribution in [0.5, 0.6) is 0 Å². The van der Waals surface area contributed by atoms with Crippen LogP contribution in [0.1, 0.15) is 48.4 Å². The Morgan fingerprint density at radius 3 is 2.76 bits per heavy atom. The molecule has 1 aromatic carbocycles. The number of methoxy groups -OCH3 is 1. The van der Waals surface area contributed by atoms with Gasteiger partial charge in [-0.15, -0.1) is 12.4 Å². The van der Waals surface area contributed by atoms with Crippen LogP contribution < -0.4 is 5.73 Å². The zero-order valence-corrected chi connectivity index (χ0v) is 15.2. The predicted octanol–water partition coefficient (Wildman–Crippen LogP) is 3.40. The summed E-state index contributed by atoms with van der Waals surface area (Å²) >= 11 is 0. The van der Waals surface area contributed by atoms with E-state index in [2.05, 4.69) is 10.1 Å². The summed E-state index contributed by atoms with van der Waals surface area (Å²) in [5.74, 6) is 0.712. The molecule has 0 atom stereocenters. The lowest BCUT2D eigenvalue weighted by molar-refractivity contribution is 0.0601. The molecule has 1 fully saturated rings. The Balaban J connectivity index is 0.00000225. The van der Waals surface area contributed by atoms with E-state index in [1.54, 1.807) is 18.2 Å². The van der Waals surface area contributed by atoms with Gasteiger partial charge in [-0.3, -0.25) is 0 Å². The molecule has 1 saturated carbocycles. The van der Waals surface area contributed by atoms with Crippen LogP contribution in [0.25, 0.3) is 11.4 Å². The topological polar surface area (TPSA) is 91.2 Å². The third kappa shape index (κ3) is 4.38. The molecule has 7 heteroatoms. The van der Waals surface area contributed by atoms with Crippen molar-refractivity contribution in [3.05, 3.63) is 35.7 Å². The lowest BCUT2D eigenvalue weighted by Gasteiger charge is -2.34. The van der Waals surface area contributed by atoms with Gasteiger partial charge in [0.1, 0.15) is 0 Å². The van der Waals surface area contributed by atoms with E-state index in [0.29, 0.717) is 30.2 Å². The summed E-state index contributed by atoms with van der Waals surface area (Å²) in [6.07, 6.45) is 6.63. The van der Waals surface area contributed by atoms with E-state index < -0.39 is 0 Å². The van der Waals surface area contributed by atoms with Gasteiger partial charge in [0.2, 0.25) is 11.7 Å². The van der Waals surface area contributed by atoms with Crippen molar-refractivity contribution in [2.45, 2.75) is 38.5 Å². The number of carbonyl (C=O) groups excluding carboxylic acids is 1. The van der Waals surface area contributed by atoms with Crippen LogP contribution in [0.3, 0.4) is 0 Å². The Labute approximate surface area is 153 Å². The number of hydrogen-bond acceptors (Lipinski definition) is 6. The van der Waals surface area contributed by atoms with Gasteiger partial charge in [0.25, 0.3) is 0 Å². The van der Waals surface area contributed by atoms with Gasteiger partial charge < -0.3 is 15.0 Å². The minimum atomic E-state index is -0.384. The number of rotatable bonds is 5. The van der Waals surface area contributed by atoms with Gasteiger partial charge in [-0.2, -0.15) is 4.98 Å². The molecule has 0 unspecified atom stereocenters. The molecule has 2 N–H and O–H groups in total. The molecule has 0 amide bonds. The van der Waals surface area contributed by atoms with Crippen molar-refractivity contribution < 1.29 is 14.1 Å². The van der Waals surface area contributed by atoms with E-state index in [-0.39, 0.29) is 23.8 Å². The second kappa shape index (κ2) is 8.45. The number of nitrogens with two attached hydrogens (primary N) is 1. The van der Waals surface area contributed by atoms with E-state index in [1.807, 2.05) is 6.07 Å². The van der Waals surface area contributed by atoms with E-state index in [0.717, 1.165) is 18.4 Å². The Morgan fingerprint density at radius 2 is 2.08 bits per heavy atom. The van der Waals surface area contributed by atoms with Gasteiger partial charge in [-0.1, -0.05) is 36.6 Å². The lowest BCUT2D eigenvalue weighted by atomic mass is 9.72. The Bertz CT molecular complexity index is 711. The summed E-state index contributed by atoms with van der Waals surface area (Å²) in [5.41, 5.74) is 7.31. The molecule has 0 aliphatic heterocycles. The van der Waals surface area contributed by atoms with Gasteiger partial charge in [0.15, 0.2) is 0 Å². The van der Waals surface area contributed by atoms with Gasteiger partial charge >= 0.3 is 5.97 Å². The molecule has 3 rings (SSSR count). The fourth-order valence-electron chi connectivity index (χ4n) is 3.42. The van der Waals surface area contributed by atoms with Crippen LogP contribution >= 0.6 is 12.4 Å². The molecule has 136 valence electrons. The average Bonchev–Trinajstić information content (AvgIpc) is 3.10. The van der Waals surface area contributed by atoms with E-state index in [9.17, 15) is 4.79 Å². The van der Waals surface area contributed by atoms with Crippen molar-refractivity contribution in [2.24, 2.45) is 11.1 Å². The first-order chi connectivity index (χ1) is 11.7. The van der Waals surface area contributed by atoms with Crippen molar-refractivity contribution in [1.82, 2.24) is 10.1 Å². The SMILES string of the molecule is COC(=O)c1cccc(-c2noc(CC3(CN)CCCCC3)n2)c1.Cl. The standard InChI is InChI=1S/C18H23N3O3.ClH/c1-23-17(22)14-7-5-6-13(10-14)16-20-15(24-21-16)11-18(12-19)8-3-2-4-9-18;/h5-7,10H,2-4,8-9,11-12,19H2,1H3;1H. The van der Waals surface area contributed by atoms with Crippen molar-refractivity contribution in [3.63, 3.8) is 0 Å². The number of aromatic nitrogens is 2. The van der Waals surface area contributed by atoms with Gasteiger partial charge in [0, 0.05) is 12.0 Å². The average molecular weight is 366 g/mol. The lowest BCUT2D eigenvalue weighted by Crippen LogP contribution is -2.35. The quantitative estimate of drug-likeness (QED) is 0.816. The van der Waals surface area contributed by atoms with Crippen molar-refractivity contribution in [3.8, 4) is 11.4 Å². The van der Waals surface area contributed by atoms with Crippen molar-refractivity contribution in [1.29, 1.82) is 0 Å². The first-order valence-corrected chi connectivity index (χ1v) is 8.37. The maximum Gasteiger partial charge on any atom is 0.337 e. The predicted molar refractivity (Wildman–Crippen MR) is 96.6 cm³/mol. The fraction of sp³-hybridized carbons (Fsp3) is 0.500. The highest BCUT2D eigenvalue weighted by atomic mass is 35.5. The summed E-state index contributed by atoms with van der Waals surface area (Å²) in [6.45, 7) is 0.641. The zero-order valence-electron chi connectivity index (χ0n) is 14.4. The molecule has 2 aromatic rings. The van der Waals surface area contributed by atoms with Gasteiger partial charge in [0.05, 0.1) is 12.7 Å². The van der Waals surface area contributed by atoms with Crippen LogP contribution in [0.2, 0.25) is 0 Å². The number of ether oxygens (including phenoxy) is 1. The van der Waals surface area contributed by atoms with Crippen molar-refractivity contribution in [2.75, 3.05) is 13.7 Å². The van der Waals surface area contributed by atoms with Gasteiger partial charge in [-0.05, 0) is 36.9 Å². The highest BCUT2D eigenvalue weighted by Crippen LogP contribution is 2.38. The second-order valence-corrected chi connectivity index (χ2v) is 6.53. The van der Waals surface area contributed by atoms with E-state index >= 15 is 0 Å². The van der Waals surface area contributed by atoms with Crippen molar-refractivity contribution >= 4 is 18.4 Å². The summed E-state index contributed by atoms with van der Waals surface area (Å²) < 4.78 is 10.2. The van der Waals surface area contributed by atoms with Gasteiger partial charge in [-0.25, -0.2) is 4.79 Å². The number of carbonyl (C=O) groups is 1. The summed E-state index contributed by atoms with van der Waals surface area (Å²) in [5, 5.41) is 4.06. The van der Waals surface area contributed by atoms with Crippen LogP contribution in [0, 0.1) is 5.41 Å². The number of hydrogen-bond donors (Lipinski definition) is 1. The van der Waals surface area contributed by atoms with Crippen LogP contribution in [0.4, 0.5) is 0 Å². The van der Waals surface area contributed by atoms with Crippen LogP contribution in [-0.4, -0.2) is 29.8 Å². The van der Waals surface area contributed by atoms with E-state index in [1.165, 1.54) is 26.4 Å². The summed E-state index contributed by atoms with van der Waals surface area (Å²) in [4.78, 5) is 16.2. The Morgan fingerprint density at radius 1 is 1.32 bits per heavy atom. The maximum absolute atomic E-state index is 11.6. The smallest absolute Gasteiger partial charge is 0.337 e.